The van der Waals surface area contributed by atoms with E-state index in [0.29, 0.717) is 5.56 Å². The summed E-state index contributed by atoms with van der Waals surface area (Å²) in [6.07, 6.45) is 3.36. The average molecular weight is 317 g/mol. The fourth-order valence-corrected chi connectivity index (χ4v) is 2.12. The first-order chi connectivity index (χ1) is 9.20. The predicted molar refractivity (Wildman–Crippen MR) is 80.5 cm³/mol. The number of carbonyl (C=O) groups is 1. The second-order valence-electron chi connectivity index (χ2n) is 3.95. The Labute approximate surface area is 120 Å². The van der Waals surface area contributed by atoms with Crippen molar-refractivity contribution < 1.29 is 9.53 Å². The summed E-state index contributed by atoms with van der Waals surface area (Å²) in [6, 6.07) is 14.9. The van der Waals surface area contributed by atoms with Gasteiger partial charge in [-0.1, -0.05) is 46.3 Å². The van der Waals surface area contributed by atoms with Crippen molar-refractivity contribution in [1.29, 1.82) is 0 Å². The molecule has 0 saturated carbocycles. The summed E-state index contributed by atoms with van der Waals surface area (Å²) in [7, 11) is 1.63. The van der Waals surface area contributed by atoms with Crippen LogP contribution in [0.3, 0.4) is 0 Å². The van der Waals surface area contributed by atoms with Gasteiger partial charge in [0.1, 0.15) is 5.75 Å². The van der Waals surface area contributed by atoms with Crippen LogP contribution in [0.2, 0.25) is 0 Å². The van der Waals surface area contributed by atoms with Crippen LogP contribution >= 0.6 is 15.9 Å². The van der Waals surface area contributed by atoms with E-state index < -0.39 is 0 Å². The number of hydrogen-bond donors (Lipinski definition) is 0. The van der Waals surface area contributed by atoms with E-state index in [4.69, 9.17) is 4.74 Å². The first-order valence-corrected chi connectivity index (χ1v) is 6.61. The molecule has 0 atom stereocenters. The van der Waals surface area contributed by atoms with Crippen LogP contribution < -0.4 is 4.74 Å². The van der Waals surface area contributed by atoms with Gasteiger partial charge in [-0.15, -0.1) is 0 Å². The second kappa shape index (κ2) is 6.34. The highest BCUT2D eigenvalue weighted by Gasteiger charge is 2.05. The van der Waals surface area contributed by atoms with E-state index in [0.717, 1.165) is 15.8 Å². The molecule has 0 radical (unpaired) electrons. The summed E-state index contributed by atoms with van der Waals surface area (Å²) in [5.41, 5.74) is 1.62. The zero-order valence-electron chi connectivity index (χ0n) is 10.5. The Balaban J connectivity index is 2.14. The molecule has 0 N–H and O–H groups in total. The number of benzene rings is 2. The van der Waals surface area contributed by atoms with Crippen LogP contribution in [0, 0.1) is 0 Å². The van der Waals surface area contributed by atoms with Crippen LogP contribution in [0.4, 0.5) is 0 Å². The van der Waals surface area contributed by atoms with Crippen molar-refractivity contribution >= 4 is 27.8 Å². The molecular weight excluding hydrogens is 304 g/mol. The van der Waals surface area contributed by atoms with Gasteiger partial charge in [0.2, 0.25) is 0 Å². The van der Waals surface area contributed by atoms with Gasteiger partial charge in [0.05, 0.1) is 7.11 Å². The van der Waals surface area contributed by atoms with Gasteiger partial charge < -0.3 is 4.74 Å². The molecule has 0 unspecified atom stereocenters. The molecule has 0 bridgehead atoms. The fraction of sp³-hybridized carbons (Fsp3) is 0.0625. The molecule has 0 spiro atoms. The SMILES string of the molecule is COc1ccc(/C=C/C(=O)c2ccccc2Br)cc1. The molecule has 0 aromatic heterocycles. The first kappa shape index (κ1) is 13.6. The molecule has 0 amide bonds. The van der Waals surface area contributed by atoms with Gasteiger partial charge in [0, 0.05) is 10.0 Å². The lowest BCUT2D eigenvalue weighted by atomic mass is 10.1. The maximum absolute atomic E-state index is 12.0. The highest BCUT2D eigenvalue weighted by atomic mass is 79.9. The Morgan fingerprint density at radius 3 is 2.42 bits per heavy atom. The molecular formula is C16H13BrO2. The summed E-state index contributed by atoms with van der Waals surface area (Å²) < 4.78 is 5.89. The van der Waals surface area contributed by atoms with E-state index in [-0.39, 0.29) is 5.78 Å². The third kappa shape index (κ3) is 3.55. The Morgan fingerprint density at radius 2 is 1.79 bits per heavy atom. The van der Waals surface area contributed by atoms with E-state index >= 15 is 0 Å². The largest absolute Gasteiger partial charge is 0.497 e. The minimum Gasteiger partial charge on any atom is -0.497 e. The lowest BCUT2D eigenvalue weighted by Gasteiger charge is -2.00. The monoisotopic (exact) mass is 316 g/mol. The summed E-state index contributed by atoms with van der Waals surface area (Å²) in [6.45, 7) is 0. The third-order valence-electron chi connectivity index (χ3n) is 2.68. The van der Waals surface area contributed by atoms with Crippen molar-refractivity contribution in [2.24, 2.45) is 0 Å². The molecule has 96 valence electrons. The van der Waals surface area contributed by atoms with Crippen LogP contribution in [0.15, 0.2) is 59.1 Å². The van der Waals surface area contributed by atoms with Crippen LogP contribution in [0.1, 0.15) is 15.9 Å². The zero-order chi connectivity index (χ0) is 13.7. The molecule has 0 saturated heterocycles. The Bertz CT molecular complexity index is 600. The molecule has 0 fully saturated rings. The fourth-order valence-electron chi connectivity index (χ4n) is 1.64. The lowest BCUT2D eigenvalue weighted by molar-refractivity contribution is 0.104. The van der Waals surface area contributed by atoms with Gasteiger partial charge in [-0.2, -0.15) is 0 Å². The predicted octanol–water partition coefficient (Wildman–Crippen LogP) is 4.35. The van der Waals surface area contributed by atoms with Gasteiger partial charge in [0.15, 0.2) is 5.78 Å². The van der Waals surface area contributed by atoms with E-state index in [2.05, 4.69) is 15.9 Å². The molecule has 0 aliphatic carbocycles. The Hall–Kier alpha value is -1.87. The molecule has 19 heavy (non-hydrogen) atoms. The highest BCUT2D eigenvalue weighted by Crippen LogP contribution is 2.18. The highest BCUT2D eigenvalue weighted by molar-refractivity contribution is 9.10. The summed E-state index contributed by atoms with van der Waals surface area (Å²) in [4.78, 5) is 12.0. The van der Waals surface area contributed by atoms with E-state index in [1.54, 1.807) is 25.3 Å². The molecule has 2 aromatic carbocycles. The van der Waals surface area contributed by atoms with Crippen molar-refractivity contribution in [2.45, 2.75) is 0 Å². The van der Waals surface area contributed by atoms with Gasteiger partial charge >= 0.3 is 0 Å². The number of ketones is 1. The van der Waals surface area contributed by atoms with Crippen LogP contribution in [0.5, 0.6) is 5.75 Å². The maximum atomic E-state index is 12.0. The third-order valence-corrected chi connectivity index (χ3v) is 3.37. The number of allylic oxidation sites excluding steroid dienone is 1. The molecule has 3 heteroatoms. The average Bonchev–Trinajstić information content (AvgIpc) is 2.46. The van der Waals surface area contributed by atoms with Crippen molar-refractivity contribution in [3.63, 3.8) is 0 Å². The lowest BCUT2D eigenvalue weighted by Crippen LogP contribution is -1.94. The minimum atomic E-state index is -0.0247. The standard InChI is InChI=1S/C16H13BrO2/c1-19-13-9-6-12(7-10-13)8-11-16(18)14-4-2-3-5-15(14)17/h2-11H,1H3/b11-8+. The quantitative estimate of drug-likeness (QED) is 0.619. The van der Waals surface area contributed by atoms with E-state index in [1.165, 1.54) is 0 Å². The van der Waals surface area contributed by atoms with Gasteiger partial charge in [-0.05, 0) is 35.9 Å². The van der Waals surface area contributed by atoms with Crippen molar-refractivity contribution in [2.75, 3.05) is 7.11 Å². The zero-order valence-corrected chi connectivity index (χ0v) is 12.1. The minimum absolute atomic E-state index is 0.0247. The molecule has 2 rings (SSSR count). The van der Waals surface area contributed by atoms with Gasteiger partial charge in [0.25, 0.3) is 0 Å². The van der Waals surface area contributed by atoms with Crippen molar-refractivity contribution in [1.82, 2.24) is 0 Å². The number of halogens is 1. The van der Waals surface area contributed by atoms with Crippen LogP contribution in [-0.2, 0) is 0 Å². The number of ether oxygens (including phenoxy) is 1. The molecule has 0 aliphatic heterocycles. The Morgan fingerprint density at radius 1 is 1.11 bits per heavy atom. The summed E-state index contributed by atoms with van der Waals surface area (Å²) in [5, 5.41) is 0. The number of hydrogen-bond acceptors (Lipinski definition) is 2. The normalized spacial score (nSPS) is 10.6. The van der Waals surface area contributed by atoms with Crippen molar-refractivity contribution in [3.05, 3.63) is 70.2 Å². The number of rotatable bonds is 4. The second-order valence-corrected chi connectivity index (χ2v) is 4.80. The number of methoxy groups -OCH3 is 1. The first-order valence-electron chi connectivity index (χ1n) is 5.81. The summed E-state index contributed by atoms with van der Waals surface area (Å²) in [5.74, 6) is 0.776. The summed E-state index contributed by atoms with van der Waals surface area (Å²) >= 11 is 3.37. The van der Waals surface area contributed by atoms with Crippen LogP contribution in [-0.4, -0.2) is 12.9 Å². The van der Waals surface area contributed by atoms with Crippen LogP contribution in [0.25, 0.3) is 6.08 Å². The van der Waals surface area contributed by atoms with E-state index in [1.807, 2.05) is 42.5 Å². The van der Waals surface area contributed by atoms with Crippen molar-refractivity contribution in [3.8, 4) is 5.75 Å². The molecule has 0 heterocycles. The smallest absolute Gasteiger partial charge is 0.186 e. The van der Waals surface area contributed by atoms with Gasteiger partial charge in [-0.25, -0.2) is 0 Å². The molecule has 2 aromatic rings. The molecule has 0 aliphatic rings. The molecule has 2 nitrogen and oxygen atoms in total. The Kier molecular flexibility index (Phi) is 4.53. The van der Waals surface area contributed by atoms with E-state index in [9.17, 15) is 4.79 Å². The van der Waals surface area contributed by atoms with Gasteiger partial charge in [-0.3, -0.25) is 4.79 Å². The number of carbonyl (C=O) groups excluding carboxylic acids is 1. The topological polar surface area (TPSA) is 26.3 Å². The maximum Gasteiger partial charge on any atom is 0.186 e.